The van der Waals surface area contributed by atoms with Crippen LogP contribution in [0.5, 0.6) is 0 Å². The Bertz CT molecular complexity index is 743. The van der Waals surface area contributed by atoms with E-state index in [4.69, 9.17) is 0 Å². The molecule has 0 radical (unpaired) electrons. The summed E-state index contributed by atoms with van der Waals surface area (Å²) >= 11 is 0. The molecular formula is C14H19N3O2S. The fraction of sp³-hybridized carbons (Fsp3) is 0.500. The predicted molar refractivity (Wildman–Crippen MR) is 78.0 cm³/mol. The van der Waals surface area contributed by atoms with Gasteiger partial charge in [0, 0.05) is 13.1 Å². The molecule has 1 fully saturated rings. The van der Waals surface area contributed by atoms with Gasteiger partial charge in [0.15, 0.2) is 0 Å². The number of aromatic nitrogens is 2. The van der Waals surface area contributed by atoms with Crippen LogP contribution < -0.4 is 4.72 Å². The van der Waals surface area contributed by atoms with Crippen LogP contribution in [0.2, 0.25) is 0 Å². The average molecular weight is 293 g/mol. The summed E-state index contributed by atoms with van der Waals surface area (Å²) in [5, 5.41) is 0. The predicted octanol–water partition coefficient (Wildman–Crippen LogP) is 2.10. The first-order chi connectivity index (χ1) is 9.47. The molecule has 1 N–H and O–H groups in total. The minimum absolute atomic E-state index is 0.0844. The highest BCUT2D eigenvalue weighted by Crippen LogP contribution is 2.22. The zero-order chi connectivity index (χ0) is 14.3. The third kappa shape index (κ3) is 2.33. The Morgan fingerprint density at radius 2 is 2.00 bits per heavy atom. The number of nitrogens with zero attached hydrogens (tertiary/aromatic N) is 2. The van der Waals surface area contributed by atoms with Crippen molar-refractivity contribution >= 4 is 21.1 Å². The molecule has 1 heterocycles. The van der Waals surface area contributed by atoms with Gasteiger partial charge in [0.2, 0.25) is 10.0 Å². The number of fused-ring (bicyclic) bond motifs is 1. The number of sulfonamides is 1. The zero-order valence-electron chi connectivity index (χ0n) is 11.8. The van der Waals surface area contributed by atoms with Gasteiger partial charge < -0.3 is 4.57 Å². The fourth-order valence-corrected chi connectivity index (χ4v) is 4.12. The van der Waals surface area contributed by atoms with E-state index in [0.29, 0.717) is 4.90 Å². The monoisotopic (exact) mass is 293 g/mol. The Labute approximate surface area is 119 Å². The summed E-state index contributed by atoms with van der Waals surface area (Å²) in [6, 6.07) is 5.21. The molecule has 6 heteroatoms. The van der Waals surface area contributed by atoms with Crippen molar-refractivity contribution in [2.45, 2.75) is 43.5 Å². The first kappa shape index (κ1) is 13.6. The van der Waals surface area contributed by atoms with Crippen LogP contribution in [0.15, 0.2) is 23.1 Å². The first-order valence-electron chi connectivity index (χ1n) is 6.93. The van der Waals surface area contributed by atoms with Crippen molar-refractivity contribution in [3.8, 4) is 0 Å². The van der Waals surface area contributed by atoms with Crippen molar-refractivity contribution in [3.63, 3.8) is 0 Å². The van der Waals surface area contributed by atoms with Crippen LogP contribution in [0.3, 0.4) is 0 Å². The Kier molecular flexibility index (Phi) is 3.30. The molecule has 1 aromatic heterocycles. The van der Waals surface area contributed by atoms with Crippen LogP contribution in [0, 0.1) is 6.92 Å². The lowest BCUT2D eigenvalue weighted by Crippen LogP contribution is -2.32. The Morgan fingerprint density at radius 1 is 1.30 bits per heavy atom. The minimum atomic E-state index is -3.44. The summed E-state index contributed by atoms with van der Waals surface area (Å²) in [7, 11) is -1.51. The highest BCUT2D eigenvalue weighted by atomic mass is 32.2. The Balaban J connectivity index is 1.96. The Hall–Kier alpha value is -1.40. The van der Waals surface area contributed by atoms with Gasteiger partial charge in [0.25, 0.3) is 0 Å². The first-order valence-corrected chi connectivity index (χ1v) is 8.41. The lowest BCUT2D eigenvalue weighted by Gasteiger charge is -2.12. The van der Waals surface area contributed by atoms with Gasteiger partial charge in [-0.25, -0.2) is 18.1 Å². The molecule has 1 saturated carbocycles. The van der Waals surface area contributed by atoms with Crippen molar-refractivity contribution < 1.29 is 8.42 Å². The summed E-state index contributed by atoms with van der Waals surface area (Å²) in [4.78, 5) is 4.69. The molecule has 108 valence electrons. The number of rotatable bonds is 3. The summed E-state index contributed by atoms with van der Waals surface area (Å²) < 4.78 is 29.5. The van der Waals surface area contributed by atoms with Crippen molar-refractivity contribution in [3.05, 3.63) is 24.0 Å². The highest BCUT2D eigenvalue weighted by Gasteiger charge is 2.23. The largest absolute Gasteiger partial charge is 0.331 e. The van der Waals surface area contributed by atoms with Crippen molar-refractivity contribution in [2.75, 3.05) is 0 Å². The molecule has 1 aliphatic rings. The number of nitrogens with one attached hydrogen (secondary N) is 1. The second-order valence-corrected chi connectivity index (χ2v) is 7.19. The second-order valence-electron chi connectivity index (χ2n) is 5.47. The van der Waals surface area contributed by atoms with Gasteiger partial charge in [-0.1, -0.05) is 12.8 Å². The van der Waals surface area contributed by atoms with Gasteiger partial charge in [0.1, 0.15) is 5.82 Å². The molecule has 1 aliphatic carbocycles. The molecule has 0 spiro atoms. The van der Waals surface area contributed by atoms with Crippen molar-refractivity contribution in [1.29, 1.82) is 0 Å². The highest BCUT2D eigenvalue weighted by molar-refractivity contribution is 7.89. The van der Waals surface area contributed by atoms with E-state index in [1.165, 1.54) is 0 Å². The number of imidazole rings is 1. The summed E-state index contributed by atoms with van der Waals surface area (Å²) in [5.41, 5.74) is 1.67. The third-order valence-corrected chi connectivity index (χ3v) is 5.58. The van der Waals surface area contributed by atoms with Gasteiger partial charge >= 0.3 is 0 Å². The van der Waals surface area contributed by atoms with E-state index in [0.717, 1.165) is 42.5 Å². The fourth-order valence-electron chi connectivity index (χ4n) is 2.80. The van der Waals surface area contributed by atoms with Crippen LogP contribution in [-0.4, -0.2) is 24.0 Å². The van der Waals surface area contributed by atoms with Gasteiger partial charge in [-0.05, 0) is 38.0 Å². The van der Waals surface area contributed by atoms with E-state index in [2.05, 4.69) is 9.71 Å². The Morgan fingerprint density at radius 3 is 2.70 bits per heavy atom. The molecule has 0 bridgehead atoms. The molecule has 0 atom stereocenters. The summed E-state index contributed by atoms with van der Waals surface area (Å²) in [6.07, 6.45) is 4.08. The number of hydrogen-bond acceptors (Lipinski definition) is 3. The van der Waals surface area contributed by atoms with Crippen LogP contribution in [0.25, 0.3) is 11.0 Å². The maximum Gasteiger partial charge on any atom is 0.240 e. The topological polar surface area (TPSA) is 64.0 Å². The van der Waals surface area contributed by atoms with E-state index in [-0.39, 0.29) is 6.04 Å². The van der Waals surface area contributed by atoms with Crippen molar-refractivity contribution in [2.24, 2.45) is 7.05 Å². The van der Waals surface area contributed by atoms with Gasteiger partial charge in [-0.15, -0.1) is 0 Å². The van der Waals surface area contributed by atoms with Crippen LogP contribution in [0.4, 0.5) is 0 Å². The number of hydrogen-bond donors (Lipinski definition) is 1. The molecule has 3 rings (SSSR count). The van der Waals surface area contributed by atoms with E-state index < -0.39 is 10.0 Å². The van der Waals surface area contributed by atoms with Crippen LogP contribution >= 0.6 is 0 Å². The van der Waals surface area contributed by atoms with E-state index in [9.17, 15) is 8.42 Å². The maximum atomic E-state index is 12.4. The zero-order valence-corrected chi connectivity index (χ0v) is 12.6. The SMILES string of the molecule is Cc1nc2cc(S(=O)(=O)NC3CCCC3)ccc2n1C. The third-order valence-electron chi connectivity index (χ3n) is 4.06. The molecule has 0 aliphatic heterocycles. The molecule has 5 nitrogen and oxygen atoms in total. The standard InChI is InChI=1S/C14H19N3O2S/c1-10-15-13-9-12(7-8-14(13)17(10)2)20(18,19)16-11-5-3-4-6-11/h7-9,11,16H,3-6H2,1-2H3. The molecule has 0 saturated heterocycles. The summed E-state index contributed by atoms with van der Waals surface area (Å²) in [5.74, 6) is 0.873. The quantitative estimate of drug-likeness (QED) is 0.942. The molecular weight excluding hydrogens is 274 g/mol. The number of aryl methyl sites for hydroxylation is 2. The number of benzene rings is 1. The second kappa shape index (κ2) is 4.86. The van der Waals surface area contributed by atoms with Crippen molar-refractivity contribution in [1.82, 2.24) is 14.3 Å². The molecule has 2 aromatic rings. The van der Waals surface area contributed by atoms with Gasteiger partial charge in [-0.2, -0.15) is 0 Å². The van der Waals surface area contributed by atoms with E-state index in [1.807, 2.05) is 24.6 Å². The molecule has 0 amide bonds. The smallest absolute Gasteiger partial charge is 0.240 e. The van der Waals surface area contributed by atoms with Crippen LogP contribution in [-0.2, 0) is 17.1 Å². The lowest BCUT2D eigenvalue weighted by atomic mass is 10.3. The molecule has 0 unspecified atom stereocenters. The maximum absolute atomic E-state index is 12.4. The molecule has 1 aromatic carbocycles. The van der Waals surface area contributed by atoms with E-state index >= 15 is 0 Å². The lowest BCUT2D eigenvalue weighted by molar-refractivity contribution is 0.552. The summed E-state index contributed by atoms with van der Waals surface area (Å²) in [6.45, 7) is 1.91. The van der Waals surface area contributed by atoms with E-state index in [1.54, 1.807) is 12.1 Å². The van der Waals surface area contributed by atoms with Crippen LogP contribution in [0.1, 0.15) is 31.5 Å². The van der Waals surface area contributed by atoms with Gasteiger partial charge in [0.05, 0.1) is 15.9 Å². The van der Waals surface area contributed by atoms with Gasteiger partial charge in [-0.3, -0.25) is 0 Å². The minimum Gasteiger partial charge on any atom is -0.331 e. The normalized spacial score (nSPS) is 17.1. The average Bonchev–Trinajstić information content (AvgIpc) is 2.98. The molecule has 20 heavy (non-hydrogen) atoms.